The number of hydrogen-bond acceptors (Lipinski definition) is 5. The molecule has 0 spiro atoms. The first kappa shape index (κ1) is 15.2. The maximum Gasteiger partial charge on any atom is 0.195 e. The molecule has 5 nitrogen and oxygen atoms in total. The van der Waals surface area contributed by atoms with E-state index in [1.807, 2.05) is 58.3 Å². The van der Waals surface area contributed by atoms with Crippen molar-refractivity contribution in [3.8, 4) is 34.0 Å². The van der Waals surface area contributed by atoms with Crippen LogP contribution in [0.25, 0.3) is 27.5 Å². The Kier molecular flexibility index (Phi) is 3.50. The Balaban J connectivity index is 1.70. The van der Waals surface area contributed by atoms with Gasteiger partial charge in [-0.3, -0.25) is 9.20 Å². The third-order valence-corrected chi connectivity index (χ3v) is 5.22. The summed E-state index contributed by atoms with van der Waals surface area (Å²) in [5, 5.41) is 2.01. The van der Waals surface area contributed by atoms with Crippen molar-refractivity contribution < 1.29 is 14.3 Å². The summed E-state index contributed by atoms with van der Waals surface area (Å²) >= 11 is 1.51. The average molecular weight is 362 g/mol. The average Bonchev–Trinajstić information content (AvgIpc) is 3.27. The van der Waals surface area contributed by atoms with E-state index in [0.29, 0.717) is 24.6 Å². The molecule has 3 heterocycles. The van der Waals surface area contributed by atoms with Crippen LogP contribution in [-0.2, 0) is 0 Å². The van der Waals surface area contributed by atoms with E-state index in [0.717, 1.165) is 39.6 Å². The second kappa shape index (κ2) is 6.00. The smallest absolute Gasteiger partial charge is 0.195 e. The van der Waals surface area contributed by atoms with Crippen LogP contribution in [0.4, 0.5) is 0 Å². The second-order valence-electron chi connectivity index (χ2n) is 5.93. The maximum absolute atomic E-state index is 11.9. The number of ether oxygens (including phenoxy) is 2. The maximum atomic E-state index is 11.9. The molecule has 0 saturated heterocycles. The lowest BCUT2D eigenvalue weighted by molar-refractivity contribution is 0.111. The molecule has 128 valence electrons. The van der Waals surface area contributed by atoms with Gasteiger partial charge in [0.05, 0.1) is 5.69 Å². The number of hydrogen-bond donors (Lipinski definition) is 0. The van der Waals surface area contributed by atoms with Crippen molar-refractivity contribution in [3.63, 3.8) is 0 Å². The van der Waals surface area contributed by atoms with Gasteiger partial charge < -0.3 is 9.47 Å². The number of carbonyl (C=O) groups excluding carboxylic acids is 1. The van der Waals surface area contributed by atoms with Crippen molar-refractivity contribution in [2.75, 3.05) is 13.2 Å². The molecule has 0 saturated carbocycles. The monoisotopic (exact) mass is 362 g/mol. The molecule has 1 aliphatic rings. The minimum Gasteiger partial charge on any atom is -0.486 e. The fraction of sp³-hybridized carbons (Fsp3) is 0.100. The van der Waals surface area contributed by atoms with Crippen molar-refractivity contribution >= 4 is 22.6 Å². The van der Waals surface area contributed by atoms with E-state index in [-0.39, 0.29) is 0 Å². The molecule has 0 atom stereocenters. The zero-order valence-corrected chi connectivity index (χ0v) is 14.5. The summed E-state index contributed by atoms with van der Waals surface area (Å²) in [6.07, 6.45) is 0.872. The SMILES string of the molecule is O=Cc1c(-c2ccccc2)nc2scc(-c3ccc4c(c3)OCCO4)n12. The number of benzene rings is 2. The third kappa shape index (κ3) is 2.30. The highest BCUT2D eigenvalue weighted by Crippen LogP contribution is 2.37. The van der Waals surface area contributed by atoms with Crippen molar-refractivity contribution in [1.82, 2.24) is 9.38 Å². The number of carbonyl (C=O) groups is 1. The molecule has 0 fully saturated rings. The van der Waals surface area contributed by atoms with Crippen molar-refractivity contribution in [1.29, 1.82) is 0 Å². The number of imidazole rings is 1. The van der Waals surface area contributed by atoms with Gasteiger partial charge in [0.2, 0.25) is 0 Å². The van der Waals surface area contributed by atoms with Crippen LogP contribution >= 0.6 is 11.3 Å². The lowest BCUT2D eigenvalue weighted by Crippen LogP contribution is -2.15. The highest BCUT2D eigenvalue weighted by molar-refractivity contribution is 7.15. The Morgan fingerprint density at radius 2 is 1.81 bits per heavy atom. The van der Waals surface area contributed by atoms with Gasteiger partial charge in [-0.05, 0) is 18.2 Å². The molecule has 0 bridgehead atoms. The molecule has 26 heavy (non-hydrogen) atoms. The predicted molar refractivity (Wildman–Crippen MR) is 100 cm³/mol. The lowest BCUT2D eigenvalue weighted by Gasteiger charge is -2.18. The van der Waals surface area contributed by atoms with Gasteiger partial charge in [-0.2, -0.15) is 0 Å². The largest absolute Gasteiger partial charge is 0.486 e. The first-order chi connectivity index (χ1) is 12.8. The summed E-state index contributed by atoms with van der Waals surface area (Å²) in [5.41, 5.74) is 4.06. The topological polar surface area (TPSA) is 52.8 Å². The first-order valence-corrected chi connectivity index (χ1v) is 9.13. The first-order valence-electron chi connectivity index (χ1n) is 8.26. The van der Waals surface area contributed by atoms with Crippen molar-refractivity contribution in [3.05, 3.63) is 59.6 Å². The molecular weight excluding hydrogens is 348 g/mol. The Morgan fingerprint density at radius 1 is 1.00 bits per heavy atom. The van der Waals surface area contributed by atoms with Gasteiger partial charge in [-0.15, -0.1) is 11.3 Å². The molecule has 0 N–H and O–H groups in total. The molecule has 0 aliphatic carbocycles. The molecule has 0 radical (unpaired) electrons. The van der Waals surface area contributed by atoms with Gasteiger partial charge in [0.1, 0.15) is 24.6 Å². The van der Waals surface area contributed by atoms with Gasteiger partial charge >= 0.3 is 0 Å². The lowest BCUT2D eigenvalue weighted by atomic mass is 10.1. The van der Waals surface area contributed by atoms with E-state index in [1.165, 1.54) is 11.3 Å². The Bertz CT molecular complexity index is 1120. The van der Waals surface area contributed by atoms with Crippen molar-refractivity contribution in [2.45, 2.75) is 0 Å². The van der Waals surface area contributed by atoms with Crippen LogP contribution in [0.2, 0.25) is 0 Å². The number of nitrogens with zero attached hydrogens (tertiary/aromatic N) is 2. The minimum absolute atomic E-state index is 0.540. The summed E-state index contributed by atoms with van der Waals surface area (Å²) in [6, 6.07) is 15.6. The summed E-state index contributed by atoms with van der Waals surface area (Å²) in [5.74, 6) is 1.47. The number of aromatic nitrogens is 2. The number of aldehydes is 1. The number of fused-ring (bicyclic) bond motifs is 2. The molecule has 2 aromatic heterocycles. The van der Waals surface area contributed by atoms with Crippen LogP contribution in [0.15, 0.2) is 53.9 Å². The van der Waals surface area contributed by atoms with E-state index < -0.39 is 0 Å². The summed E-state index contributed by atoms with van der Waals surface area (Å²) < 4.78 is 13.2. The highest BCUT2D eigenvalue weighted by atomic mass is 32.1. The van der Waals surface area contributed by atoms with E-state index >= 15 is 0 Å². The fourth-order valence-electron chi connectivity index (χ4n) is 3.20. The van der Waals surface area contributed by atoms with Gasteiger partial charge in [0, 0.05) is 16.5 Å². The van der Waals surface area contributed by atoms with Gasteiger partial charge in [-0.25, -0.2) is 4.98 Å². The van der Waals surface area contributed by atoms with Crippen LogP contribution < -0.4 is 9.47 Å². The fourth-order valence-corrected chi connectivity index (χ4v) is 4.11. The quantitative estimate of drug-likeness (QED) is 0.510. The molecule has 1 aliphatic heterocycles. The second-order valence-corrected chi connectivity index (χ2v) is 6.76. The van der Waals surface area contributed by atoms with E-state index in [9.17, 15) is 4.79 Å². The van der Waals surface area contributed by atoms with Gasteiger partial charge in [0.25, 0.3) is 0 Å². The van der Waals surface area contributed by atoms with Crippen LogP contribution in [0, 0.1) is 0 Å². The van der Waals surface area contributed by atoms with E-state index in [4.69, 9.17) is 9.47 Å². The standard InChI is InChI=1S/C20H14N2O3S/c23-11-15-19(13-4-2-1-3-5-13)21-20-22(15)16(12-26-20)14-6-7-17-18(10-14)25-9-8-24-17/h1-7,10-12H,8-9H2. The Morgan fingerprint density at radius 3 is 2.62 bits per heavy atom. The normalized spacial score (nSPS) is 13.1. The summed E-state index contributed by atoms with van der Waals surface area (Å²) in [4.78, 5) is 17.4. The van der Waals surface area contributed by atoms with Crippen LogP contribution in [-0.4, -0.2) is 28.9 Å². The highest BCUT2D eigenvalue weighted by Gasteiger charge is 2.20. The van der Waals surface area contributed by atoms with Crippen LogP contribution in [0.5, 0.6) is 11.5 Å². The summed E-state index contributed by atoms with van der Waals surface area (Å²) in [6.45, 7) is 1.10. The van der Waals surface area contributed by atoms with Crippen molar-refractivity contribution in [2.24, 2.45) is 0 Å². The molecule has 0 unspecified atom stereocenters. The zero-order chi connectivity index (χ0) is 17.5. The van der Waals surface area contributed by atoms with Crippen LogP contribution in [0.1, 0.15) is 10.5 Å². The predicted octanol–water partition coefficient (Wildman–Crippen LogP) is 4.31. The van der Waals surface area contributed by atoms with E-state index in [2.05, 4.69) is 4.98 Å². The molecule has 6 heteroatoms. The zero-order valence-electron chi connectivity index (χ0n) is 13.7. The number of rotatable bonds is 3. The van der Waals surface area contributed by atoms with Crippen LogP contribution in [0.3, 0.4) is 0 Å². The molecular formula is C20H14N2O3S. The molecule has 4 aromatic rings. The Hall–Kier alpha value is -3.12. The number of thiazole rings is 1. The molecule has 2 aromatic carbocycles. The third-order valence-electron chi connectivity index (χ3n) is 4.40. The Labute approximate surface area is 153 Å². The molecule has 0 amide bonds. The summed E-state index contributed by atoms with van der Waals surface area (Å²) in [7, 11) is 0. The molecule has 5 rings (SSSR count). The van der Waals surface area contributed by atoms with Gasteiger partial charge in [0.15, 0.2) is 22.7 Å². The van der Waals surface area contributed by atoms with Gasteiger partial charge in [-0.1, -0.05) is 30.3 Å². The van der Waals surface area contributed by atoms with E-state index in [1.54, 1.807) is 0 Å². The minimum atomic E-state index is 0.540.